The molecule has 9 nitrogen and oxygen atoms in total. The minimum absolute atomic E-state index is 0.343. The third-order valence-corrected chi connectivity index (χ3v) is 4.07. The molecule has 0 saturated heterocycles. The second-order valence-electron chi connectivity index (χ2n) is 4.15. The maximum Gasteiger partial charge on any atom is 0.312 e. The van der Waals surface area contributed by atoms with E-state index in [-0.39, 0.29) is 0 Å². The lowest BCUT2D eigenvalue weighted by molar-refractivity contribution is -0.386. The molecule has 10 heteroatoms. The third kappa shape index (κ3) is 4.13. The van der Waals surface area contributed by atoms with E-state index in [0.29, 0.717) is 6.54 Å². The summed E-state index contributed by atoms with van der Waals surface area (Å²) in [7, 11) is -4.12. The van der Waals surface area contributed by atoms with Crippen molar-refractivity contribution in [1.82, 2.24) is 10.0 Å². The predicted octanol–water partition coefficient (Wildman–Crippen LogP) is 0.103. The summed E-state index contributed by atoms with van der Waals surface area (Å²) in [5.74, 6) is -1.16. The van der Waals surface area contributed by atoms with E-state index in [4.69, 9.17) is 0 Å². The number of nitrogens with zero attached hydrogens (tertiary/aromatic N) is 1. The molecule has 0 bridgehead atoms. The first-order valence-corrected chi connectivity index (χ1v) is 7.44. The summed E-state index contributed by atoms with van der Waals surface area (Å²) in [6.45, 7) is 3.37. The average Bonchev–Trinajstić information content (AvgIpc) is 2.38. The Bertz CT molecular complexity index is 658. The standard InChI is InChI=1S/C11H15N3O6S/c1-3-12-11(16)7(2)13-21(19,20)8-4-5-10(15)9(6-8)14(17)18/h4-7,13,15H,3H2,1-2H3,(H,12,16)/t7-/m0/s1. The van der Waals surface area contributed by atoms with Crippen molar-refractivity contribution in [3.8, 4) is 5.75 Å². The molecule has 1 aromatic rings. The van der Waals surface area contributed by atoms with Gasteiger partial charge in [-0.2, -0.15) is 4.72 Å². The van der Waals surface area contributed by atoms with Gasteiger partial charge in [-0.15, -0.1) is 0 Å². The summed E-state index contributed by atoms with van der Waals surface area (Å²) in [6.07, 6.45) is 0. The van der Waals surface area contributed by atoms with Crippen LogP contribution in [0.15, 0.2) is 23.1 Å². The molecule has 1 atom stereocenters. The van der Waals surface area contributed by atoms with Crippen LogP contribution in [0.3, 0.4) is 0 Å². The Morgan fingerprint density at radius 1 is 1.48 bits per heavy atom. The molecule has 116 valence electrons. The van der Waals surface area contributed by atoms with Gasteiger partial charge < -0.3 is 10.4 Å². The topological polar surface area (TPSA) is 139 Å². The van der Waals surface area contributed by atoms with E-state index in [2.05, 4.69) is 10.0 Å². The Labute approximate surface area is 121 Å². The van der Waals surface area contributed by atoms with E-state index in [1.54, 1.807) is 6.92 Å². The highest BCUT2D eigenvalue weighted by Crippen LogP contribution is 2.28. The Kier molecular flexibility index (Phi) is 5.22. The fraction of sp³-hybridized carbons (Fsp3) is 0.364. The number of sulfonamides is 1. The van der Waals surface area contributed by atoms with E-state index in [9.17, 15) is 28.4 Å². The van der Waals surface area contributed by atoms with Crippen LogP contribution < -0.4 is 10.0 Å². The zero-order valence-corrected chi connectivity index (χ0v) is 12.2. The van der Waals surface area contributed by atoms with Crippen LogP contribution in [0.5, 0.6) is 5.75 Å². The molecule has 0 heterocycles. The molecule has 0 radical (unpaired) electrons. The van der Waals surface area contributed by atoms with Crippen molar-refractivity contribution in [3.63, 3.8) is 0 Å². The summed E-state index contributed by atoms with van der Waals surface area (Å²) >= 11 is 0. The first-order chi connectivity index (χ1) is 9.69. The van der Waals surface area contributed by atoms with Crippen molar-refractivity contribution in [2.45, 2.75) is 24.8 Å². The number of carbonyl (C=O) groups excluding carboxylic acids is 1. The first-order valence-electron chi connectivity index (χ1n) is 5.96. The molecule has 0 aliphatic heterocycles. The van der Waals surface area contributed by atoms with E-state index >= 15 is 0 Å². The fourth-order valence-electron chi connectivity index (χ4n) is 1.50. The van der Waals surface area contributed by atoms with Crippen molar-refractivity contribution in [2.75, 3.05) is 6.54 Å². The lowest BCUT2D eigenvalue weighted by Crippen LogP contribution is -2.44. The quantitative estimate of drug-likeness (QED) is 0.502. The predicted molar refractivity (Wildman–Crippen MR) is 73.2 cm³/mol. The molecule has 0 unspecified atom stereocenters. The van der Waals surface area contributed by atoms with Crippen LogP contribution >= 0.6 is 0 Å². The maximum absolute atomic E-state index is 12.0. The van der Waals surface area contributed by atoms with Crippen LogP contribution in [0.1, 0.15) is 13.8 Å². The molecule has 0 fully saturated rings. The fourth-order valence-corrected chi connectivity index (χ4v) is 2.72. The summed E-state index contributed by atoms with van der Waals surface area (Å²) in [5.41, 5.74) is -0.733. The van der Waals surface area contributed by atoms with Gasteiger partial charge in [-0.1, -0.05) is 0 Å². The van der Waals surface area contributed by atoms with E-state index < -0.39 is 43.2 Å². The Hall–Kier alpha value is -2.20. The van der Waals surface area contributed by atoms with Gasteiger partial charge in [0.05, 0.1) is 15.9 Å². The lowest BCUT2D eigenvalue weighted by Gasteiger charge is -2.13. The van der Waals surface area contributed by atoms with Crippen molar-refractivity contribution >= 4 is 21.6 Å². The molecule has 21 heavy (non-hydrogen) atoms. The number of nitro benzene ring substituents is 1. The van der Waals surface area contributed by atoms with Gasteiger partial charge in [0.2, 0.25) is 15.9 Å². The highest BCUT2D eigenvalue weighted by atomic mass is 32.2. The van der Waals surface area contributed by atoms with Crippen LogP contribution in [0.4, 0.5) is 5.69 Å². The normalized spacial score (nSPS) is 12.7. The summed E-state index contributed by atoms with van der Waals surface area (Å²) in [6, 6.07) is 1.60. The Morgan fingerprint density at radius 2 is 2.10 bits per heavy atom. The minimum atomic E-state index is -4.12. The van der Waals surface area contributed by atoms with Gasteiger partial charge >= 0.3 is 5.69 Å². The van der Waals surface area contributed by atoms with Crippen molar-refractivity contribution in [3.05, 3.63) is 28.3 Å². The zero-order valence-electron chi connectivity index (χ0n) is 11.4. The second kappa shape index (κ2) is 6.50. The number of likely N-dealkylation sites (N-methyl/N-ethyl adjacent to an activating group) is 1. The Balaban J connectivity index is 3.06. The molecule has 0 spiro atoms. The van der Waals surface area contributed by atoms with Crippen molar-refractivity contribution in [2.24, 2.45) is 0 Å². The number of phenolic OH excluding ortho intramolecular Hbond substituents is 1. The molecular weight excluding hydrogens is 302 g/mol. The van der Waals surface area contributed by atoms with Crippen molar-refractivity contribution < 1.29 is 23.2 Å². The largest absolute Gasteiger partial charge is 0.502 e. The Morgan fingerprint density at radius 3 is 2.62 bits per heavy atom. The molecular formula is C11H15N3O6S. The number of hydrogen-bond donors (Lipinski definition) is 3. The molecule has 3 N–H and O–H groups in total. The molecule has 0 aromatic heterocycles. The first kappa shape index (κ1) is 16.9. The SMILES string of the molecule is CCNC(=O)[C@H](C)NS(=O)(=O)c1ccc(O)c([N+](=O)[O-])c1. The number of nitrogens with one attached hydrogen (secondary N) is 2. The van der Waals surface area contributed by atoms with Gasteiger partial charge in [0.15, 0.2) is 5.75 Å². The highest BCUT2D eigenvalue weighted by Gasteiger charge is 2.24. The van der Waals surface area contributed by atoms with Gasteiger partial charge in [0, 0.05) is 12.6 Å². The van der Waals surface area contributed by atoms with Crippen LogP contribution in [-0.4, -0.2) is 36.9 Å². The molecule has 1 aromatic carbocycles. The summed E-state index contributed by atoms with van der Waals surface area (Å²) in [5, 5.41) is 22.4. The van der Waals surface area contributed by atoms with Gasteiger partial charge in [-0.05, 0) is 26.0 Å². The summed E-state index contributed by atoms with van der Waals surface area (Å²) in [4.78, 5) is 20.9. The molecule has 1 rings (SSSR count). The number of phenols is 1. The minimum Gasteiger partial charge on any atom is -0.502 e. The third-order valence-electron chi connectivity index (χ3n) is 2.53. The lowest BCUT2D eigenvalue weighted by atomic mass is 10.3. The number of benzene rings is 1. The van der Waals surface area contributed by atoms with E-state index in [1.165, 1.54) is 6.92 Å². The van der Waals surface area contributed by atoms with Crippen LogP contribution in [0.25, 0.3) is 0 Å². The number of nitro groups is 1. The molecule has 1 amide bonds. The number of rotatable bonds is 6. The van der Waals surface area contributed by atoms with Crippen LogP contribution in [0.2, 0.25) is 0 Å². The molecule has 0 saturated carbocycles. The smallest absolute Gasteiger partial charge is 0.312 e. The van der Waals surface area contributed by atoms with E-state index in [1.807, 2.05) is 0 Å². The van der Waals surface area contributed by atoms with Gasteiger partial charge in [-0.25, -0.2) is 8.42 Å². The van der Waals surface area contributed by atoms with Gasteiger partial charge in [0.1, 0.15) is 0 Å². The monoisotopic (exact) mass is 317 g/mol. The second-order valence-corrected chi connectivity index (χ2v) is 5.86. The van der Waals surface area contributed by atoms with Gasteiger partial charge in [0.25, 0.3) is 0 Å². The van der Waals surface area contributed by atoms with Crippen LogP contribution in [0, 0.1) is 10.1 Å². The number of hydrogen-bond acceptors (Lipinski definition) is 6. The molecule has 0 aliphatic carbocycles. The summed E-state index contributed by atoms with van der Waals surface area (Å²) < 4.78 is 26.2. The van der Waals surface area contributed by atoms with Crippen LogP contribution in [-0.2, 0) is 14.8 Å². The van der Waals surface area contributed by atoms with E-state index in [0.717, 1.165) is 18.2 Å². The number of amides is 1. The van der Waals surface area contributed by atoms with Crippen molar-refractivity contribution in [1.29, 1.82) is 0 Å². The zero-order chi connectivity index (χ0) is 16.2. The highest BCUT2D eigenvalue weighted by molar-refractivity contribution is 7.89. The van der Waals surface area contributed by atoms with Gasteiger partial charge in [-0.3, -0.25) is 14.9 Å². The molecule has 0 aliphatic rings. The average molecular weight is 317 g/mol. The maximum atomic E-state index is 12.0. The number of carbonyl (C=O) groups is 1. The number of aromatic hydroxyl groups is 1.